The van der Waals surface area contributed by atoms with E-state index in [9.17, 15) is 43.2 Å². The Balaban J connectivity index is 5.42. The van der Waals surface area contributed by atoms with Crippen LogP contribution in [0.25, 0.3) is 0 Å². The molecule has 17 nitrogen and oxygen atoms in total. The Labute approximate surface area is 605 Å². The molecule has 100 heavy (non-hydrogen) atoms. The average Bonchev–Trinajstić information content (AvgIpc) is 0.930. The molecular formula is C81H136O17P2. The first-order valence-corrected chi connectivity index (χ1v) is 41.4. The monoisotopic (exact) mass is 1440 g/mol. The normalized spacial score (nSPS) is 14.7. The van der Waals surface area contributed by atoms with Crippen LogP contribution in [0.2, 0.25) is 0 Å². The number of carbonyl (C=O) groups is 4. The Morgan fingerprint density at radius 2 is 0.540 bits per heavy atom. The lowest BCUT2D eigenvalue weighted by atomic mass is 10.0. The predicted molar refractivity (Wildman–Crippen MR) is 408 cm³/mol. The molecule has 19 heteroatoms. The van der Waals surface area contributed by atoms with Crippen molar-refractivity contribution in [3.05, 3.63) is 134 Å². The van der Waals surface area contributed by atoms with Gasteiger partial charge in [0.2, 0.25) is 0 Å². The van der Waals surface area contributed by atoms with E-state index < -0.39 is 97.5 Å². The van der Waals surface area contributed by atoms with Crippen LogP contribution in [-0.4, -0.2) is 96.7 Å². The minimum atomic E-state index is -5.00. The molecule has 0 bridgehead atoms. The van der Waals surface area contributed by atoms with Gasteiger partial charge in [0.05, 0.1) is 26.4 Å². The SMILES string of the molecule is CC/C=C\C/C=C\C/C=C\C/C=C\C/C=C\CCCCCC(=O)OCC(COP(=O)(O)OCC(O)COP(=O)(O)OCC(COC(=O)CCCCCCCCCCCCCCC)OC(=O)CCCCCCC/C=C\CCCC)OC(=O)CCC/C=C\C/C=C\C/C=C\C/C=C\C/C=C\CC. The van der Waals surface area contributed by atoms with Crippen molar-refractivity contribution in [3.63, 3.8) is 0 Å². The van der Waals surface area contributed by atoms with Gasteiger partial charge in [-0.2, -0.15) is 0 Å². The van der Waals surface area contributed by atoms with Crippen LogP contribution >= 0.6 is 15.6 Å². The summed E-state index contributed by atoms with van der Waals surface area (Å²) in [6.45, 7) is 4.49. The molecule has 0 aromatic rings. The number of carbonyl (C=O) groups excluding carboxylic acids is 4. The van der Waals surface area contributed by atoms with Gasteiger partial charge in [-0.3, -0.25) is 37.3 Å². The zero-order valence-corrected chi connectivity index (χ0v) is 64.1. The molecule has 5 unspecified atom stereocenters. The minimum Gasteiger partial charge on any atom is -0.462 e. The van der Waals surface area contributed by atoms with Gasteiger partial charge in [0, 0.05) is 25.7 Å². The molecule has 0 aromatic carbocycles. The number of aliphatic hydroxyl groups is 1. The van der Waals surface area contributed by atoms with Crippen LogP contribution in [0.5, 0.6) is 0 Å². The molecule has 0 amide bonds. The van der Waals surface area contributed by atoms with E-state index in [1.165, 1.54) is 70.6 Å². The number of phosphoric acid groups is 2. The van der Waals surface area contributed by atoms with E-state index in [0.717, 1.165) is 141 Å². The fraction of sp³-hybridized carbons (Fsp3) is 0.679. The quantitative estimate of drug-likeness (QED) is 0.0169. The zero-order valence-electron chi connectivity index (χ0n) is 62.3. The van der Waals surface area contributed by atoms with E-state index in [1.807, 2.05) is 12.2 Å². The summed E-state index contributed by atoms with van der Waals surface area (Å²) in [6.07, 6.45) is 80.3. The third-order valence-electron chi connectivity index (χ3n) is 15.6. The maximum Gasteiger partial charge on any atom is 0.472 e. The van der Waals surface area contributed by atoms with Crippen molar-refractivity contribution in [2.24, 2.45) is 0 Å². The number of aliphatic hydroxyl groups excluding tert-OH is 1. The number of unbranched alkanes of at least 4 members (excludes halogenated alkanes) is 23. The third-order valence-corrected chi connectivity index (χ3v) is 17.5. The summed E-state index contributed by atoms with van der Waals surface area (Å²) in [4.78, 5) is 72.8. The van der Waals surface area contributed by atoms with Gasteiger partial charge in [-0.25, -0.2) is 9.13 Å². The van der Waals surface area contributed by atoms with E-state index >= 15 is 0 Å². The molecule has 0 aliphatic heterocycles. The Morgan fingerprint density at radius 1 is 0.290 bits per heavy atom. The molecule has 0 spiro atoms. The van der Waals surface area contributed by atoms with Crippen LogP contribution in [0.15, 0.2) is 134 Å². The average molecular weight is 1440 g/mol. The van der Waals surface area contributed by atoms with Crippen molar-refractivity contribution >= 4 is 39.5 Å². The number of esters is 4. The van der Waals surface area contributed by atoms with Crippen LogP contribution in [0, 0.1) is 0 Å². The summed E-state index contributed by atoms with van der Waals surface area (Å²) in [5.74, 6) is -2.29. The van der Waals surface area contributed by atoms with Gasteiger partial charge in [-0.05, 0) is 128 Å². The number of allylic oxidation sites excluding steroid dienone is 22. The molecule has 0 aromatic heterocycles. The Hall–Kier alpha value is -4.80. The summed E-state index contributed by atoms with van der Waals surface area (Å²) in [5, 5.41) is 10.6. The highest BCUT2D eigenvalue weighted by atomic mass is 31.2. The molecular weight excluding hydrogens is 1310 g/mol. The molecule has 0 heterocycles. The summed E-state index contributed by atoms with van der Waals surface area (Å²) < 4.78 is 68.4. The topological polar surface area (TPSA) is 237 Å². The van der Waals surface area contributed by atoms with E-state index in [-0.39, 0.29) is 25.7 Å². The Bertz CT molecular complexity index is 2420. The van der Waals surface area contributed by atoms with Gasteiger partial charge in [0.25, 0.3) is 0 Å². The third kappa shape index (κ3) is 71.6. The van der Waals surface area contributed by atoms with Gasteiger partial charge >= 0.3 is 39.5 Å². The lowest BCUT2D eigenvalue weighted by Crippen LogP contribution is -2.30. The summed E-state index contributed by atoms with van der Waals surface area (Å²) in [6, 6.07) is 0. The standard InChI is InChI=1S/C81H136O17P2/c1-5-9-13-17-21-25-29-32-34-36-37-39-40-43-47-50-54-58-62-66-79(84)92-72-77(98-81(86)68-64-60-56-52-48-44-41-38-35-33-30-26-22-18-14-10-6-2)74-96-100(89,90)94-70-75(82)69-93-99(87,88)95-73-76(97-80(85)67-63-59-55-51-45-28-24-20-16-12-8-4)71-91-78(83)65-61-57-53-49-46-42-31-27-23-19-15-11-7-3/h9-10,13-14,20-22,24-26,32-35,37,39,41,43-44,47,52,56,75-77,82H,5-8,11-12,15-19,23,27-31,36,38,40,42,45-46,48-51,53-55,57-74H2,1-4H3,(H,87,88)(H,89,90)/b13-9-,14-10-,24-20-,25-21-,26-22-,34-32-,35-33-,39-37-,44-41-,47-43-,56-52-. The van der Waals surface area contributed by atoms with Crippen LogP contribution in [-0.2, 0) is 65.4 Å². The van der Waals surface area contributed by atoms with Crippen molar-refractivity contribution in [3.8, 4) is 0 Å². The molecule has 0 fully saturated rings. The molecule has 0 saturated heterocycles. The number of phosphoric ester groups is 2. The van der Waals surface area contributed by atoms with Crippen molar-refractivity contribution in [1.29, 1.82) is 0 Å². The van der Waals surface area contributed by atoms with Crippen molar-refractivity contribution in [1.82, 2.24) is 0 Å². The highest BCUT2D eigenvalue weighted by molar-refractivity contribution is 7.47. The van der Waals surface area contributed by atoms with Crippen LogP contribution in [0.3, 0.4) is 0 Å². The zero-order chi connectivity index (χ0) is 73.2. The van der Waals surface area contributed by atoms with E-state index in [1.54, 1.807) is 0 Å². The minimum absolute atomic E-state index is 0.00537. The number of hydrogen-bond donors (Lipinski definition) is 3. The van der Waals surface area contributed by atoms with E-state index in [4.69, 9.17) is 37.0 Å². The molecule has 0 saturated carbocycles. The van der Waals surface area contributed by atoms with Crippen LogP contribution in [0.1, 0.15) is 297 Å². The van der Waals surface area contributed by atoms with Crippen molar-refractivity contribution in [2.45, 2.75) is 316 Å². The molecule has 3 N–H and O–H groups in total. The first kappa shape index (κ1) is 95.2. The highest BCUT2D eigenvalue weighted by Gasteiger charge is 2.30. The maximum absolute atomic E-state index is 13.1. The largest absolute Gasteiger partial charge is 0.472 e. The Kier molecular flexibility index (Phi) is 69.1. The number of rotatable bonds is 71. The van der Waals surface area contributed by atoms with Crippen LogP contribution in [0.4, 0.5) is 0 Å². The second kappa shape index (κ2) is 72.5. The number of hydrogen-bond acceptors (Lipinski definition) is 15. The molecule has 572 valence electrons. The fourth-order valence-corrected chi connectivity index (χ4v) is 11.4. The Morgan fingerprint density at radius 3 is 0.890 bits per heavy atom. The predicted octanol–water partition coefficient (Wildman–Crippen LogP) is 22.1. The lowest BCUT2D eigenvalue weighted by Gasteiger charge is -2.21. The van der Waals surface area contributed by atoms with Crippen molar-refractivity contribution < 1.29 is 80.2 Å². The van der Waals surface area contributed by atoms with E-state index in [0.29, 0.717) is 32.1 Å². The van der Waals surface area contributed by atoms with Gasteiger partial charge in [0.1, 0.15) is 19.3 Å². The van der Waals surface area contributed by atoms with E-state index in [2.05, 4.69) is 149 Å². The smallest absolute Gasteiger partial charge is 0.462 e. The summed E-state index contributed by atoms with van der Waals surface area (Å²) in [7, 11) is -9.98. The fourth-order valence-electron chi connectivity index (χ4n) is 9.79. The number of ether oxygens (including phenoxy) is 4. The molecule has 5 atom stereocenters. The maximum atomic E-state index is 13.1. The van der Waals surface area contributed by atoms with Gasteiger partial charge in [-0.1, -0.05) is 277 Å². The first-order valence-electron chi connectivity index (χ1n) is 38.4. The van der Waals surface area contributed by atoms with Gasteiger partial charge in [-0.15, -0.1) is 0 Å². The molecule has 0 rings (SSSR count). The summed E-state index contributed by atoms with van der Waals surface area (Å²) in [5.41, 5.74) is 0. The first-order chi connectivity index (χ1) is 48.7. The van der Waals surface area contributed by atoms with Gasteiger partial charge < -0.3 is 33.8 Å². The highest BCUT2D eigenvalue weighted by Crippen LogP contribution is 2.45. The molecule has 0 aliphatic rings. The van der Waals surface area contributed by atoms with Crippen molar-refractivity contribution in [2.75, 3.05) is 39.6 Å². The molecule has 0 radical (unpaired) electrons. The lowest BCUT2D eigenvalue weighted by molar-refractivity contribution is -0.161. The molecule has 0 aliphatic carbocycles. The second-order valence-corrected chi connectivity index (χ2v) is 28.1. The van der Waals surface area contributed by atoms with Gasteiger partial charge in [0.15, 0.2) is 12.2 Å². The second-order valence-electron chi connectivity index (χ2n) is 25.2. The van der Waals surface area contributed by atoms with Crippen LogP contribution < -0.4 is 0 Å². The summed E-state index contributed by atoms with van der Waals surface area (Å²) >= 11 is 0.